The first-order valence-electron chi connectivity index (χ1n) is 7.47. The van der Waals surface area contributed by atoms with E-state index in [9.17, 15) is 4.79 Å². The first-order valence-corrected chi connectivity index (χ1v) is 7.85. The molecule has 0 aromatic heterocycles. The summed E-state index contributed by atoms with van der Waals surface area (Å²) in [6.45, 7) is 2.05. The highest BCUT2D eigenvalue weighted by Crippen LogP contribution is 2.13. The van der Waals surface area contributed by atoms with E-state index in [-0.39, 0.29) is 12.5 Å². The Morgan fingerprint density at radius 3 is 2.65 bits per heavy atom. The summed E-state index contributed by atoms with van der Waals surface area (Å²) < 4.78 is 5.42. The number of nitrogens with one attached hydrogen (secondary N) is 1. The number of carbonyl (C=O) groups is 1. The number of carbonyl (C=O) groups excluding carboxylic acids is 1. The van der Waals surface area contributed by atoms with Gasteiger partial charge in [0.05, 0.1) is 6.21 Å². The van der Waals surface area contributed by atoms with Gasteiger partial charge in [0, 0.05) is 10.6 Å². The average molecular weight is 331 g/mol. The molecule has 2 aromatic rings. The van der Waals surface area contributed by atoms with Crippen LogP contribution >= 0.6 is 11.6 Å². The van der Waals surface area contributed by atoms with E-state index in [1.807, 2.05) is 42.5 Å². The lowest BCUT2D eigenvalue weighted by molar-refractivity contribution is -0.123. The van der Waals surface area contributed by atoms with Crippen LogP contribution in [-0.4, -0.2) is 18.7 Å². The molecule has 1 amide bonds. The molecule has 0 saturated carbocycles. The third-order valence-corrected chi connectivity index (χ3v) is 3.47. The molecule has 2 rings (SSSR count). The van der Waals surface area contributed by atoms with E-state index < -0.39 is 0 Å². The SMILES string of the molecule is CCCc1ccc(OCC(=O)NN=Cc2ccccc2Cl)cc1. The van der Waals surface area contributed by atoms with Crippen molar-refractivity contribution in [2.24, 2.45) is 5.10 Å². The minimum Gasteiger partial charge on any atom is -0.484 e. The van der Waals surface area contributed by atoms with Crippen molar-refractivity contribution >= 4 is 23.7 Å². The van der Waals surface area contributed by atoms with Gasteiger partial charge >= 0.3 is 0 Å². The number of ether oxygens (including phenoxy) is 1. The van der Waals surface area contributed by atoms with E-state index in [0.717, 1.165) is 18.4 Å². The van der Waals surface area contributed by atoms with Crippen molar-refractivity contribution in [2.75, 3.05) is 6.61 Å². The fourth-order valence-electron chi connectivity index (χ4n) is 1.98. The zero-order valence-electron chi connectivity index (χ0n) is 13.0. The summed E-state index contributed by atoms with van der Waals surface area (Å²) >= 11 is 5.99. The number of aryl methyl sites for hydroxylation is 1. The minimum absolute atomic E-state index is 0.0903. The lowest BCUT2D eigenvalue weighted by Crippen LogP contribution is -2.24. The Morgan fingerprint density at radius 1 is 1.22 bits per heavy atom. The van der Waals surface area contributed by atoms with E-state index in [1.165, 1.54) is 11.8 Å². The zero-order valence-corrected chi connectivity index (χ0v) is 13.7. The normalized spacial score (nSPS) is 10.7. The predicted molar refractivity (Wildman–Crippen MR) is 93.1 cm³/mol. The third kappa shape index (κ3) is 5.75. The molecular formula is C18H19ClN2O2. The minimum atomic E-state index is -0.328. The molecule has 0 saturated heterocycles. The van der Waals surface area contributed by atoms with Gasteiger partial charge in [-0.2, -0.15) is 5.10 Å². The van der Waals surface area contributed by atoms with Crippen LogP contribution in [0.2, 0.25) is 5.02 Å². The summed E-state index contributed by atoms with van der Waals surface area (Å²) in [6.07, 6.45) is 3.64. The molecule has 120 valence electrons. The van der Waals surface area contributed by atoms with E-state index in [2.05, 4.69) is 17.5 Å². The van der Waals surface area contributed by atoms with Crippen LogP contribution in [0, 0.1) is 0 Å². The van der Waals surface area contributed by atoms with Gasteiger partial charge in [-0.1, -0.05) is 55.3 Å². The van der Waals surface area contributed by atoms with Crippen molar-refractivity contribution in [1.82, 2.24) is 5.43 Å². The second-order valence-electron chi connectivity index (χ2n) is 5.00. The molecular weight excluding hydrogens is 312 g/mol. The molecule has 1 N–H and O–H groups in total. The van der Waals surface area contributed by atoms with E-state index in [0.29, 0.717) is 10.8 Å². The standard InChI is InChI=1S/C18H19ClN2O2/c1-2-5-14-8-10-16(11-9-14)23-13-18(22)21-20-12-15-6-3-4-7-17(15)19/h3-4,6-12H,2,5,13H2,1H3,(H,21,22). The molecule has 0 fully saturated rings. The van der Waals surface area contributed by atoms with Crippen LogP contribution in [0.3, 0.4) is 0 Å². The van der Waals surface area contributed by atoms with E-state index >= 15 is 0 Å². The van der Waals surface area contributed by atoms with Gasteiger partial charge in [0.25, 0.3) is 5.91 Å². The molecule has 2 aromatic carbocycles. The molecule has 0 aliphatic heterocycles. The van der Waals surface area contributed by atoms with Crippen molar-refractivity contribution in [1.29, 1.82) is 0 Å². The fourth-order valence-corrected chi connectivity index (χ4v) is 2.16. The summed E-state index contributed by atoms with van der Waals surface area (Å²) in [7, 11) is 0. The summed E-state index contributed by atoms with van der Waals surface area (Å²) in [5, 5.41) is 4.44. The molecule has 4 nitrogen and oxygen atoms in total. The van der Waals surface area contributed by atoms with Crippen molar-refractivity contribution in [3.63, 3.8) is 0 Å². The smallest absolute Gasteiger partial charge is 0.277 e. The molecule has 0 atom stereocenters. The maximum atomic E-state index is 11.7. The molecule has 0 unspecified atom stereocenters. The first-order chi connectivity index (χ1) is 11.2. The number of amides is 1. The van der Waals surface area contributed by atoms with Crippen LogP contribution in [0.15, 0.2) is 53.6 Å². The van der Waals surface area contributed by atoms with Gasteiger partial charge < -0.3 is 4.74 Å². The zero-order chi connectivity index (χ0) is 16.5. The van der Waals surface area contributed by atoms with Crippen LogP contribution < -0.4 is 10.2 Å². The molecule has 0 aliphatic rings. The van der Waals surface area contributed by atoms with Gasteiger partial charge in [-0.05, 0) is 30.2 Å². The monoisotopic (exact) mass is 330 g/mol. The van der Waals surface area contributed by atoms with Gasteiger partial charge in [-0.15, -0.1) is 0 Å². The number of hydrazone groups is 1. The van der Waals surface area contributed by atoms with Crippen LogP contribution in [0.25, 0.3) is 0 Å². The van der Waals surface area contributed by atoms with Gasteiger partial charge in [-0.25, -0.2) is 5.43 Å². The predicted octanol–water partition coefficient (Wildman–Crippen LogP) is 3.82. The lowest BCUT2D eigenvalue weighted by Gasteiger charge is -2.06. The lowest BCUT2D eigenvalue weighted by atomic mass is 10.1. The molecule has 0 aliphatic carbocycles. The Morgan fingerprint density at radius 2 is 1.96 bits per heavy atom. The Kier molecular flexibility index (Phi) is 6.63. The highest BCUT2D eigenvalue weighted by Gasteiger charge is 2.02. The Bertz CT molecular complexity index is 669. The summed E-state index contributed by atoms with van der Waals surface area (Å²) in [4.78, 5) is 11.7. The van der Waals surface area contributed by atoms with E-state index in [4.69, 9.17) is 16.3 Å². The highest BCUT2D eigenvalue weighted by molar-refractivity contribution is 6.33. The Balaban J connectivity index is 1.78. The van der Waals surface area contributed by atoms with Crippen molar-refractivity contribution in [3.8, 4) is 5.75 Å². The van der Waals surface area contributed by atoms with Gasteiger partial charge in [-0.3, -0.25) is 4.79 Å². The second-order valence-corrected chi connectivity index (χ2v) is 5.40. The van der Waals surface area contributed by atoms with Gasteiger partial charge in [0.15, 0.2) is 6.61 Å². The number of nitrogens with zero attached hydrogens (tertiary/aromatic N) is 1. The van der Waals surface area contributed by atoms with Crippen molar-refractivity contribution in [2.45, 2.75) is 19.8 Å². The van der Waals surface area contributed by atoms with Gasteiger partial charge in [0.1, 0.15) is 5.75 Å². The van der Waals surface area contributed by atoms with Gasteiger partial charge in [0.2, 0.25) is 0 Å². The van der Waals surface area contributed by atoms with Crippen LogP contribution in [0.1, 0.15) is 24.5 Å². The summed E-state index contributed by atoms with van der Waals surface area (Å²) in [6, 6.07) is 15.0. The number of rotatable bonds is 7. The molecule has 23 heavy (non-hydrogen) atoms. The number of hydrogen-bond donors (Lipinski definition) is 1. The number of halogens is 1. The van der Waals surface area contributed by atoms with Crippen LogP contribution in [-0.2, 0) is 11.2 Å². The van der Waals surface area contributed by atoms with E-state index in [1.54, 1.807) is 6.07 Å². The van der Waals surface area contributed by atoms with Crippen molar-refractivity contribution in [3.05, 3.63) is 64.7 Å². The Labute approximate surface area is 141 Å². The highest BCUT2D eigenvalue weighted by atomic mass is 35.5. The third-order valence-electron chi connectivity index (χ3n) is 3.13. The first kappa shape index (κ1) is 17.0. The topological polar surface area (TPSA) is 50.7 Å². The quantitative estimate of drug-likeness (QED) is 0.619. The van der Waals surface area contributed by atoms with Crippen LogP contribution in [0.5, 0.6) is 5.75 Å². The number of hydrogen-bond acceptors (Lipinski definition) is 3. The molecule has 0 heterocycles. The number of benzene rings is 2. The van der Waals surface area contributed by atoms with Crippen LogP contribution in [0.4, 0.5) is 0 Å². The maximum Gasteiger partial charge on any atom is 0.277 e. The summed E-state index contributed by atoms with van der Waals surface area (Å²) in [5.41, 5.74) is 4.40. The van der Waals surface area contributed by atoms with Crippen molar-refractivity contribution < 1.29 is 9.53 Å². The average Bonchev–Trinajstić information content (AvgIpc) is 2.56. The Hall–Kier alpha value is -2.33. The second kappa shape index (κ2) is 8.96. The molecule has 0 spiro atoms. The maximum absolute atomic E-state index is 11.7. The summed E-state index contributed by atoms with van der Waals surface area (Å²) in [5.74, 6) is 0.334. The molecule has 5 heteroatoms. The molecule has 0 bridgehead atoms. The molecule has 0 radical (unpaired) electrons. The fraction of sp³-hybridized carbons (Fsp3) is 0.222. The largest absolute Gasteiger partial charge is 0.484 e.